The molecule has 2 aliphatic carbocycles. The highest BCUT2D eigenvalue weighted by molar-refractivity contribution is 5.16. The second-order valence-electron chi connectivity index (χ2n) is 7.08. The highest BCUT2D eigenvalue weighted by atomic mass is 16.3. The van der Waals surface area contributed by atoms with Crippen LogP contribution in [-0.2, 0) is 6.42 Å². The zero-order valence-electron chi connectivity index (χ0n) is 13.0. The van der Waals surface area contributed by atoms with Crippen LogP contribution < -0.4 is 5.32 Å². The van der Waals surface area contributed by atoms with E-state index in [1.54, 1.807) is 0 Å². The lowest BCUT2D eigenvalue weighted by Crippen LogP contribution is -2.38. The van der Waals surface area contributed by atoms with Gasteiger partial charge in [-0.3, -0.25) is 0 Å². The van der Waals surface area contributed by atoms with Crippen molar-refractivity contribution < 1.29 is 5.11 Å². The maximum atomic E-state index is 9.79. The van der Waals surface area contributed by atoms with Gasteiger partial charge in [0.05, 0.1) is 6.10 Å². The minimum atomic E-state index is -0.0470. The molecule has 2 N–H and O–H groups in total. The minimum Gasteiger partial charge on any atom is -0.393 e. The average molecular weight is 287 g/mol. The molecule has 2 nitrogen and oxygen atoms in total. The van der Waals surface area contributed by atoms with Gasteiger partial charge in [-0.05, 0) is 62.5 Å². The van der Waals surface area contributed by atoms with Crippen molar-refractivity contribution in [3.05, 3.63) is 35.9 Å². The zero-order valence-corrected chi connectivity index (χ0v) is 13.0. The summed E-state index contributed by atoms with van der Waals surface area (Å²) in [5.41, 5.74) is 1.48. The fourth-order valence-electron chi connectivity index (χ4n) is 4.23. The van der Waals surface area contributed by atoms with Crippen molar-refractivity contribution in [2.24, 2.45) is 11.8 Å². The Balaban J connectivity index is 1.48. The molecule has 0 amide bonds. The van der Waals surface area contributed by atoms with E-state index < -0.39 is 0 Å². The van der Waals surface area contributed by atoms with E-state index in [1.807, 2.05) is 0 Å². The first kappa shape index (κ1) is 15.1. The van der Waals surface area contributed by atoms with Crippen LogP contribution in [0.25, 0.3) is 0 Å². The van der Waals surface area contributed by atoms with Gasteiger partial charge in [0.15, 0.2) is 0 Å². The van der Waals surface area contributed by atoms with Crippen molar-refractivity contribution in [2.45, 2.75) is 63.5 Å². The molecule has 2 saturated carbocycles. The normalized spacial score (nSPS) is 33.2. The number of hydrogen-bond donors (Lipinski definition) is 2. The molecule has 4 unspecified atom stereocenters. The van der Waals surface area contributed by atoms with Crippen LogP contribution in [0, 0.1) is 11.8 Å². The molecule has 0 aliphatic heterocycles. The van der Waals surface area contributed by atoms with Gasteiger partial charge in [0, 0.05) is 6.04 Å². The van der Waals surface area contributed by atoms with Gasteiger partial charge in [-0.25, -0.2) is 0 Å². The first-order valence-electron chi connectivity index (χ1n) is 8.76. The smallest absolute Gasteiger partial charge is 0.0543 e. The number of hydrogen-bond acceptors (Lipinski definition) is 2. The summed E-state index contributed by atoms with van der Waals surface area (Å²) in [4.78, 5) is 0. The molecule has 0 radical (unpaired) electrons. The van der Waals surface area contributed by atoms with Gasteiger partial charge < -0.3 is 10.4 Å². The number of nitrogens with one attached hydrogen (secondary N) is 1. The molecule has 2 heteroatoms. The molecule has 1 aromatic carbocycles. The van der Waals surface area contributed by atoms with E-state index >= 15 is 0 Å². The summed E-state index contributed by atoms with van der Waals surface area (Å²) < 4.78 is 0. The van der Waals surface area contributed by atoms with Gasteiger partial charge in [-0.1, -0.05) is 43.2 Å². The molecule has 116 valence electrons. The number of benzene rings is 1. The molecule has 2 fully saturated rings. The third-order valence-electron chi connectivity index (χ3n) is 5.42. The largest absolute Gasteiger partial charge is 0.393 e. The molecule has 1 aromatic rings. The van der Waals surface area contributed by atoms with E-state index in [0.29, 0.717) is 12.0 Å². The van der Waals surface area contributed by atoms with Crippen LogP contribution in [0.4, 0.5) is 0 Å². The number of rotatable bonds is 5. The molecule has 0 bridgehead atoms. The summed E-state index contributed by atoms with van der Waals surface area (Å²) in [5, 5.41) is 13.6. The Morgan fingerprint density at radius 3 is 2.62 bits per heavy atom. The van der Waals surface area contributed by atoms with Crippen molar-refractivity contribution in [3.8, 4) is 0 Å². The second-order valence-corrected chi connectivity index (χ2v) is 7.08. The van der Waals surface area contributed by atoms with Gasteiger partial charge in [-0.2, -0.15) is 0 Å². The van der Waals surface area contributed by atoms with Crippen molar-refractivity contribution in [1.82, 2.24) is 5.32 Å². The fourth-order valence-corrected chi connectivity index (χ4v) is 4.23. The maximum Gasteiger partial charge on any atom is 0.0543 e. The van der Waals surface area contributed by atoms with Gasteiger partial charge in [0.25, 0.3) is 0 Å². The molecular formula is C19H29NO. The molecule has 4 atom stereocenters. The highest BCUT2D eigenvalue weighted by Crippen LogP contribution is 2.30. The van der Waals surface area contributed by atoms with E-state index in [1.165, 1.54) is 44.1 Å². The lowest BCUT2D eigenvalue weighted by molar-refractivity contribution is 0.0990. The van der Waals surface area contributed by atoms with Crippen LogP contribution in [0.2, 0.25) is 0 Å². The van der Waals surface area contributed by atoms with E-state index in [4.69, 9.17) is 0 Å². The summed E-state index contributed by atoms with van der Waals surface area (Å²) in [7, 11) is 0. The summed E-state index contributed by atoms with van der Waals surface area (Å²) >= 11 is 0. The molecule has 0 spiro atoms. The topological polar surface area (TPSA) is 32.3 Å². The van der Waals surface area contributed by atoms with Crippen molar-refractivity contribution >= 4 is 0 Å². The van der Waals surface area contributed by atoms with Crippen LogP contribution in [0.1, 0.15) is 50.5 Å². The van der Waals surface area contributed by atoms with Crippen LogP contribution >= 0.6 is 0 Å². The maximum absolute atomic E-state index is 9.79. The Labute approximate surface area is 129 Å². The predicted octanol–water partition coefficient (Wildman–Crippen LogP) is 3.54. The van der Waals surface area contributed by atoms with Crippen LogP contribution in [0.15, 0.2) is 30.3 Å². The van der Waals surface area contributed by atoms with E-state index in [-0.39, 0.29) is 6.10 Å². The summed E-state index contributed by atoms with van der Waals surface area (Å²) in [5.74, 6) is 1.48. The number of aliphatic hydroxyl groups is 1. The SMILES string of the molecule is OC1CCCC(CNC2CCCC2Cc2ccccc2)C1. The van der Waals surface area contributed by atoms with Gasteiger partial charge in [0.1, 0.15) is 0 Å². The third kappa shape index (κ3) is 4.31. The Hall–Kier alpha value is -0.860. The highest BCUT2D eigenvalue weighted by Gasteiger charge is 2.28. The number of aliphatic hydroxyl groups excluding tert-OH is 1. The zero-order chi connectivity index (χ0) is 14.5. The van der Waals surface area contributed by atoms with E-state index in [0.717, 1.165) is 25.3 Å². The quantitative estimate of drug-likeness (QED) is 0.868. The Morgan fingerprint density at radius 1 is 1.00 bits per heavy atom. The summed E-state index contributed by atoms with van der Waals surface area (Å²) in [6, 6.07) is 11.6. The molecule has 3 rings (SSSR count). The van der Waals surface area contributed by atoms with Crippen molar-refractivity contribution in [3.63, 3.8) is 0 Å². The standard InChI is InChI=1S/C19H29NO/c21-18-10-4-8-16(13-18)14-20-19-11-5-9-17(19)12-15-6-2-1-3-7-15/h1-3,6-7,16-21H,4-5,8-14H2. The van der Waals surface area contributed by atoms with Crippen molar-refractivity contribution in [2.75, 3.05) is 6.54 Å². The Morgan fingerprint density at radius 2 is 1.81 bits per heavy atom. The van der Waals surface area contributed by atoms with Gasteiger partial charge >= 0.3 is 0 Å². The van der Waals surface area contributed by atoms with E-state index in [9.17, 15) is 5.11 Å². The fraction of sp³-hybridized carbons (Fsp3) is 0.684. The molecule has 21 heavy (non-hydrogen) atoms. The van der Waals surface area contributed by atoms with E-state index in [2.05, 4.69) is 35.6 Å². The van der Waals surface area contributed by atoms with Crippen LogP contribution in [0.5, 0.6) is 0 Å². The lowest BCUT2D eigenvalue weighted by Gasteiger charge is -2.29. The van der Waals surface area contributed by atoms with Crippen LogP contribution in [-0.4, -0.2) is 23.8 Å². The molecular weight excluding hydrogens is 258 g/mol. The molecule has 0 saturated heterocycles. The van der Waals surface area contributed by atoms with Gasteiger partial charge in [-0.15, -0.1) is 0 Å². The predicted molar refractivity (Wildman–Crippen MR) is 87.2 cm³/mol. The monoisotopic (exact) mass is 287 g/mol. The molecule has 0 aromatic heterocycles. The molecule has 0 heterocycles. The third-order valence-corrected chi connectivity index (χ3v) is 5.42. The molecule has 2 aliphatic rings. The summed E-state index contributed by atoms with van der Waals surface area (Å²) in [6.07, 6.45) is 9.72. The Kier molecular flexibility index (Phi) is 5.32. The van der Waals surface area contributed by atoms with Gasteiger partial charge in [0.2, 0.25) is 0 Å². The minimum absolute atomic E-state index is 0.0470. The first-order valence-corrected chi connectivity index (χ1v) is 8.76. The summed E-state index contributed by atoms with van der Waals surface area (Å²) in [6.45, 7) is 1.10. The average Bonchev–Trinajstić information content (AvgIpc) is 2.93. The lowest BCUT2D eigenvalue weighted by atomic mass is 9.86. The Bertz CT molecular complexity index is 419. The van der Waals surface area contributed by atoms with Crippen LogP contribution in [0.3, 0.4) is 0 Å². The van der Waals surface area contributed by atoms with Crippen molar-refractivity contribution in [1.29, 1.82) is 0 Å². The second kappa shape index (κ2) is 7.42. The first-order chi connectivity index (χ1) is 10.3.